The van der Waals surface area contributed by atoms with Gasteiger partial charge in [-0.05, 0) is 37.9 Å². The average Bonchev–Trinajstić information content (AvgIpc) is 2.86. The summed E-state index contributed by atoms with van der Waals surface area (Å²) >= 11 is 0. The molecular formula is C17H24FN3. The molecule has 3 rings (SSSR count). The highest BCUT2D eigenvalue weighted by Gasteiger charge is 2.22. The molecule has 0 spiro atoms. The summed E-state index contributed by atoms with van der Waals surface area (Å²) in [5, 5.41) is 3.46. The van der Waals surface area contributed by atoms with Gasteiger partial charge in [-0.15, -0.1) is 0 Å². The molecule has 2 aromatic rings. The lowest BCUT2D eigenvalue weighted by molar-refractivity contribution is 0.431. The molecule has 1 aromatic heterocycles. The zero-order valence-corrected chi connectivity index (χ0v) is 12.7. The maximum Gasteiger partial charge on any atom is 0.125 e. The van der Waals surface area contributed by atoms with Crippen molar-refractivity contribution >= 4 is 11.0 Å². The molecule has 4 heteroatoms. The van der Waals surface area contributed by atoms with E-state index in [1.54, 1.807) is 12.1 Å². The lowest BCUT2D eigenvalue weighted by Crippen LogP contribution is -2.30. The van der Waals surface area contributed by atoms with Crippen LogP contribution in [0.5, 0.6) is 0 Å². The fraction of sp³-hybridized carbons (Fsp3) is 0.588. The van der Waals surface area contributed by atoms with Gasteiger partial charge in [0.05, 0.1) is 11.0 Å². The van der Waals surface area contributed by atoms with Crippen molar-refractivity contribution in [2.24, 2.45) is 0 Å². The van der Waals surface area contributed by atoms with Gasteiger partial charge in [0.2, 0.25) is 0 Å². The van der Waals surface area contributed by atoms with Crippen LogP contribution in [0, 0.1) is 5.82 Å². The largest absolute Gasteiger partial charge is 0.328 e. The van der Waals surface area contributed by atoms with Crippen LogP contribution < -0.4 is 5.32 Å². The SMILES string of the molecule is CCCCCn1c(C2CCCNC2)nc2cc(F)ccc21. The van der Waals surface area contributed by atoms with Gasteiger partial charge in [-0.25, -0.2) is 9.37 Å². The van der Waals surface area contributed by atoms with E-state index in [2.05, 4.69) is 16.8 Å². The summed E-state index contributed by atoms with van der Waals surface area (Å²) < 4.78 is 15.8. The number of hydrogen-bond donors (Lipinski definition) is 1. The molecule has 1 saturated heterocycles. The number of nitrogens with one attached hydrogen (secondary N) is 1. The summed E-state index contributed by atoms with van der Waals surface area (Å²) in [6, 6.07) is 4.98. The van der Waals surface area contributed by atoms with E-state index in [9.17, 15) is 4.39 Å². The number of aryl methyl sites for hydroxylation is 1. The normalized spacial score (nSPS) is 19.2. The van der Waals surface area contributed by atoms with E-state index in [1.807, 2.05) is 6.07 Å². The van der Waals surface area contributed by atoms with E-state index in [0.29, 0.717) is 5.92 Å². The minimum atomic E-state index is -0.200. The zero-order valence-electron chi connectivity index (χ0n) is 12.7. The molecule has 0 radical (unpaired) electrons. The van der Waals surface area contributed by atoms with Crippen molar-refractivity contribution in [1.82, 2.24) is 14.9 Å². The fourth-order valence-corrected chi connectivity index (χ4v) is 3.26. The lowest BCUT2D eigenvalue weighted by atomic mass is 9.99. The number of fused-ring (bicyclic) bond motifs is 1. The van der Waals surface area contributed by atoms with E-state index in [-0.39, 0.29) is 5.82 Å². The third-order valence-electron chi connectivity index (χ3n) is 4.39. The molecule has 2 heterocycles. The first-order chi connectivity index (χ1) is 10.3. The van der Waals surface area contributed by atoms with Gasteiger partial charge in [-0.1, -0.05) is 19.8 Å². The molecule has 1 fully saturated rings. The van der Waals surface area contributed by atoms with Crippen LogP contribution in [0.4, 0.5) is 4.39 Å². The van der Waals surface area contributed by atoms with Gasteiger partial charge < -0.3 is 9.88 Å². The second kappa shape index (κ2) is 6.56. The van der Waals surface area contributed by atoms with Crippen LogP contribution in [-0.4, -0.2) is 22.6 Å². The third-order valence-corrected chi connectivity index (χ3v) is 4.39. The number of aromatic nitrogens is 2. The number of unbranched alkanes of at least 4 members (excludes halogenated alkanes) is 2. The van der Waals surface area contributed by atoms with E-state index in [1.165, 1.54) is 25.7 Å². The number of rotatable bonds is 5. The number of benzene rings is 1. The minimum absolute atomic E-state index is 0.200. The Kier molecular flexibility index (Phi) is 4.54. The molecule has 1 aromatic carbocycles. The molecule has 3 nitrogen and oxygen atoms in total. The van der Waals surface area contributed by atoms with Crippen molar-refractivity contribution in [2.75, 3.05) is 13.1 Å². The highest BCUT2D eigenvalue weighted by atomic mass is 19.1. The van der Waals surface area contributed by atoms with Gasteiger partial charge in [-0.2, -0.15) is 0 Å². The van der Waals surface area contributed by atoms with Gasteiger partial charge in [0.1, 0.15) is 11.6 Å². The first kappa shape index (κ1) is 14.5. The van der Waals surface area contributed by atoms with Crippen molar-refractivity contribution < 1.29 is 4.39 Å². The lowest BCUT2D eigenvalue weighted by Gasteiger charge is -2.23. The van der Waals surface area contributed by atoms with Crippen molar-refractivity contribution in [3.8, 4) is 0 Å². The molecule has 0 aliphatic carbocycles. The maximum atomic E-state index is 13.5. The van der Waals surface area contributed by atoms with Gasteiger partial charge in [0, 0.05) is 25.1 Å². The minimum Gasteiger partial charge on any atom is -0.328 e. The number of imidazole rings is 1. The second-order valence-corrected chi connectivity index (χ2v) is 6.01. The summed E-state index contributed by atoms with van der Waals surface area (Å²) in [5.41, 5.74) is 1.88. The summed E-state index contributed by atoms with van der Waals surface area (Å²) in [7, 11) is 0. The molecule has 0 bridgehead atoms. The van der Waals surface area contributed by atoms with Crippen molar-refractivity contribution in [3.05, 3.63) is 29.8 Å². The second-order valence-electron chi connectivity index (χ2n) is 6.01. The molecular weight excluding hydrogens is 265 g/mol. The Morgan fingerprint density at radius 3 is 3.05 bits per heavy atom. The fourth-order valence-electron chi connectivity index (χ4n) is 3.26. The van der Waals surface area contributed by atoms with Crippen LogP contribution in [0.2, 0.25) is 0 Å². The van der Waals surface area contributed by atoms with Crippen LogP contribution in [-0.2, 0) is 6.54 Å². The Labute approximate surface area is 125 Å². The topological polar surface area (TPSA) is 29.9 Å². The number of piperidine rings is 1. The predicted molar refractivity (Wildman–Crippen MR) is 84.1 cm³/mol. The molecule has 0 amide bonds. The highest BCUT2D eigenvalue weighted by Crippen LogP contribution is 2.27. The maximum absolute atomic E-state index is 13.5. The van der Waals surface area contributed by atoms with Gasteiger partial charge in [-0.3, -0.25) is 0 Å². The highest BCUT2D eigenvalue weighted by molar-refractivity contribution is 5.76. The van der Waals surface area contributed by atoms with Crippen molar-refractivity contribution in [1.29, 1.82) is 0 Å². The Bertz CT molecular complexity index is 599. The van der Waals surface area contributed by atoms with Crippen LogP contribution in [0.3, 0.4) is 0 Å². The molecule has 1 aliphatic heterocycles. The number of nitrogens with zero attached hydrogens (tertiary/aromatic N) is 2. The van der Waals surface area contributed by atoms with E-state index in [4.69, 9.17) is 4.98 Å². The summed E-state index contributed by atoms with van der Waals surface area (Å²) in [6.45, 7) is 5.29. The molecule has 0 saturated carbocycles. The Morgan fingerprint density at radius 2 is 2.29 bits per heavy atom. The Hall–Kier alpha value is -1.42. The first-order valence-corrected chi connectivity index (χ1v) is 8.16. The standard InChI is InChI=1S/C17H24FN3/c1-2-3-4-10-21-16-8-7-14(18)11-15(16)20-17(21)13-6-5-9-19-12-13/h7-8,11,13,19H,2-6,9-10,12H2,1H3. The molecule has 1 aliphatic rings. The van der Waals surface area contributed by atoms with E-state index in [0.717, 1.165) is 42.9 Å². The van der Waals surface area contributed by atoms with Gasteiger partial charge >= 0.3 is 0 Å². The van der Waals surface area contributed by atoms with Gasteiger partial charge in [0.15, 0.2) is 0 Å². The number of halogens is 1. The molecule has 21 heavy (non-hydrogen) atoms. The predicted octanol–water partition coefficient (Wildman–Crippen LogP) is 3.83. The van der Waals surface area contributed by atoms with Crippen molar-refractivity contribution in [3.63, 3.8) is 0 Å². The third kappa shape index (κ3) is 3.10. The summed E-state index contributed by atoms with van der Waals surface area (Å²) in [5.74, 6) is 1.39. The monoisotopic (exact) mass is 289 g/mol. The van der Waals surface area contributed by atoms with Crippen LogP contribution in [0.1, 0.15) is 50.8 Å². The quantitative estimate of drug-likeness (QED) is 0.848. The zero-order chi connectivity index (χ0) is 14.7. The first-order valence-electron chi connectivity index (χ1n) is 8.16. The summed E-state index contributed by atoms with van der Waals surface area (Å²) in [6.07, 6.45) is 5.96. The van der Waals surface area contributed by atoms with Crippen LogP contribution in [0.25, 0.3) is 11.0 Å². The summed E-state index contributed by atoms with van der Waals surface area (Å²) in [4.78, 5) is 4.76. The van der Waals surface area contributed by atoms with Crippen LogP contribution in [0.15, 0.2) is 18.2 Å². The average molecular weight is 289 g/mol. The Morgan fingerprint density at radius 1 is 1.38 bits per heavy atom. The van der Waals surface area contributed by atoms with Crippen LogP contribution >= 0.6 is 0 Å². The molecule has 1 N–H and O–H groups in total. The number of hydrogen-bond acceptors (Lipinski definition) is 2. The van der Waals surface area contributed by atoms with E-state index < -0.39 is 0 Å². The van der Waals surface area contributed by atoms with Crippen molar-refractivity contribution in [2.45, 2.75) is 51.5 Å². The molecule has 114 valence electrons. The molecule has 1 atom stereocenters. The Balaban J connectivity index is 1.97. The smallest absolute Gasteiger partial charge is 0.125 e. The molecule has 1 unspecified atom stereocenters. The van der Waals surface area contributed by atoms with E-state index >= 15 is 0 Å². The van der Waals surface area contributed by atoms with Gasteiger partial charge in [0.25, 0.3) is 0 Å².